The molecule has 0 unspecified atom stereocenters. The van der Waals surface area contributed by atoms with Gasteiger partial charge in [0.2, 0.25) is 0 Å². The molecular weight excluding hydrogens is 188 g/mol. The van der Waals surface area contributed by atoms with Crippen LogP contribution < -0.4 is 5.32 Å². The molecule has 4 nitrogen and oxygen atoms in total. The predicted molar refractivity (Wildman–Crippen MR) is 52.1 cm³/mol. The Bertz CT molecular complexity index is 202. The summed E-state index contributed by atoms with van der Waals surface area (Å²) in [7, 11) is -0.616. The standard InChI is InChI=1S/C8H16N2O2S/c11-8-6-9-5-7(8)10-1-3-13(12)4-2-10/h7-9,11H,1-6H2/t7-,8-/m1/s1. The molecule has 2 aliphatic heterocycles. The van der Waals surface area contributed by atoms with Gasteiger partial charge in [0.05, 0.1) is 6.10 Å². The van der Waals surface area contributed by atoms with Crippen molar-refractivity contribution < 1.29 is 9.32 Å². The van der Waals surface area contributed by atoms with Gasteiger partial charge in [0.15, 0.2) is 0 Å². The Morgan fingerprint density at radius 1 is 1.31 bits per heavy atom. The zero-order chi connectivity index (χ0) is 9.26. The quantitative estimate of drug-likeness (QED) is 0.539. The van der Waals surface area contributed by atoms with Crippen LogP contribution in [0.4, 0.5) is 0 Å². The van der Waals surface area contributed by atoms with Crippen LogP contribution >= 0.6 is 0 Å². The molecule has 2 aliphatic rings. The number of β-amino-alcohol motifs (C(OH)–C–C–N with tert-alkyl or cyclic N) is 1. The molecule has 0 aromatic heterocycles. The van der Waals surface area contributed by atoms with Crippen molar-refractivity contribution in [3.63, 3.8) is 0 Å². The van der Waals surface area contributed by atoms with Crippen molar-refractivity contribution in [2.45, 2.75) is 12.1 Å². The Morgan fingerprint density at radius 2 is 2.00 bits per heavy atom. The van der Waals surface area contributed by atoms with Crippen molar-refractivity contribution in [3.8, 4) is 0 Å². The monoisotopic (exact) mass is 204 g/mol. The van der Waals surface area contributed by atoms with Crippen molar-refractivity contribution in [2.75, 3.05) is 37.7 Å². The maximum absolute atomic E-state index is 11.1. The van der Waals surface area contributed by atoms with Gasteiger partial charge in [-0.25, -0.2) is 0 Å². The summed E-state index contributed by atoms with van der Waals surface area (Å²) in [4.78, 5) is 2.26. The van der Waals surface area contributed by atoms with Gasteiger partial charge < -0.3 is 10.4 Å². The Kier molecular flexibility index (Phi) is 2.98. The largest absolute Gasteiger partial charge is 0.390 e. The Balaban J connectivity index is 1.90. The molecule has 0 radical (unpaired) electrons. The molecule has 13 heavy (non-hydrogen) atoms. The van der Waals surface area contributed by atoms with Gasteiger partial charge in [0.25, 0.3) is 0 Å². The summed E-state index contributed by atoms with van der Waals surface area (Å²) in [5.74, 6) is 1.53. The molecule has 0 bridgehead atoms. The molecule has 2 saturated heterocycles. The fraction of sp³-hybridized carbons (Fsp3) is 1.00. The first-order valence-corrected chi connectivity index (χ1v) is 6.24. The van der Waals surface area contributed by atoms with Gasteiger partial charge in [0, 0.05) is 54.5 Å². The van der Waals surface area contributed by atoms with Crippen molar-refractivity contribution >= 4 is 10.8 Å². The van der Waals surface area contributed by atoms with Crippen LogP contribution in [0.1, 0.15) is 0 Å². The first-order chi connectivity index (χ1) is 6.27. The highest BCUT2D eigenvalue weighted by atomic mass is 32.2. The molecule has 2 N–H and O–H groups in total. The van der Waals surface area contributed by atoms with E-state index >= 15 is 0 Å². The molecule has 5 heteroatoms. The molecule has 2 atom stereocenters. The van der Waals surface area contributed by atoms with E-state index < -0.39 is 10.8 Å². The summed E-state index contributed by atoms with van der Waals surface area (Å²) in [6, 6.07) is 0.247. The molecule has 0 aromatic rings. The zero-order valence-corrected chi connectivity index (χ0v) is 8.42. The normalized spacial score (nSPS) is 38.2. The number of hydrogen-bond acceptors (Lipinski definition) is 4. The fourth-order valence-electron chi connectivity index (χ4n) is 2.01. The highest BCUT2D eigenvalue weighted by Gasteiger charge is 2.31. The average molecular weight is 204 g/mol. The van der Waals surface area contributed by atoms with Crippen LogP contribution in [0.25, 0.3) is 0 Å². The van der Waals surface area contributed by atoms with Crippen LogP contribution in [0, 0.1) is 0 Å². The Hall–Kier alpha value is 0.0300. The van der Waals surface area contributed by atoms with E-state index in [4.69, 9.17) is 0 Å². The number of rotatable bonds is 1. The second kappa shape index (κ2) is 4.04. The van der Waals surface area contributed by atoms with Crippen LogP contribution in [0.15, 0.2) is 0 Å². The lowest BCUT2D eigenvalue weighted by molar-refractivity contribution is 0.0892. The maximum atomic E-state index is 11.1. The first-order valence-electron chi connectivity index (χ1n) is 4.75. The fourth-order valence-corrected chi connectivity index (χ4v) is 3.09. The van der Waals surface area contributed by atoms with Crippen molar-refractivity contribution in [2.24, 2.45) is 0 Å². The molecule has 2 fully saturated rings. The average Bonchev–Trinajstić information content (AvgIpc) is 2.53. The van der Waals surface area contributed by atoms with Crippen molar-refractivity contribution in [1.29, 1.82) is 0 Å². The highest BCUT2D eigenvalue weighted by Crippen LogP contribution is 2.11. The third-order valence-electron chi connectivity index (χ3n) is 2.83. The van der Waals surface area contributed by atoms with Gasteiger partial charge in [-0.1, -0.05) is 0 Å². The second-order valence-electron chi connectivity index (χ2n) is 3.68. The van der Waals surface area contributed by atoms with Crippen LogP contribution in [0.2, 0.25) is 0 Å². The van der Waals surface area contributed by atoms with Crippen molar-refractivity contribution in [3.05, 3.63) is 0 Å². The third-order valence-corrected chi connectivity index (χ3v) is 4.11. The smallest absolute Gasteiger partial charge is 0.0831 e. The van der Waals surface area contributed by atoms with Crippen molar-refractivity contribution in [1.82, 2.24) is 10.2 Å². The highest BCUT2D eigenvalue weighted by molar-refractivity contribution is 7.85. The minimum absolute atomic E-state index is 0.244. The van der Waals surface area contributed by atoms with Gasteiger partial charge >= 0.3 is 0 Å². The SMILES string of the molecule is O=S1CCN([C@@H]2CNC[C@H]2O)CC1. The molecular formula is C8H16N2O2S. The van der Waals surface area contributed by atoms with Gasteiger partial charge in [-0.3, -0.25) is 9.11 Å². The Morgan fingerprint density at radius 3 is 2.54 bits per heavy atom. The van der Waals surface area contributed by atoms with Gasteiger partial charge in [-0.15, -0.1) is 0 Å². The summed E-state index contributed by atoms with van der Waals surface area (Å²) >= 11 is 0. The van der Waals surface area contributed by atoms with Gasteiger partial charge in [0.1, 0.15) is 0 Å². The van der Waals surface area contributed by atoms with E-state index in [9.17, 15) is 9.32 Å². The van der Waals surface area contributed by atoms with E-state index in [-0.39, 0.29) is 12.1 Å². The molecule has 0 aromatic carbocycles. The lowest BCUT2D eigenvalue weighted by Crippen LogP contribution is -2.49. The second-order valence-corrected chi connectivity index (χ2v) is 5.37. The van der Waals surface area contributed by atoms with E-state index in [1.54, 1.807) is 0 Å². The number of aliphatic hydroxyl groups excluding tert-OH is 1. The first kappa shape index (κ1) is 9.58. The maximum Gasteiger partial charge on any atom is 0.0831 e. The molecule has 0 amide bonds. The van der Waals surface area contributed by atoms with Crippen LogP contribution in [0.5, 0.6) is 0 Å². The third kappa shape index (κ3) is 2.10. The summed E-state index contributed by atoms with van der Waals surface area (Å²) in [6.45, 7) is 3.31. The van der Waals surface area contributed by atoms with E-state index in [1.807, 2.05) is 0 Å². The van der Waals surface area contributed by atoms with Crippen LogP contribution in [0.3, 0.4) is 0 Å². The van der Waals surface area contributed by atoms with E-state index in [2.05, 4.69) is 10.2 Å². The predicted octanol–water partition coefficient (Wildman–Crippen LogP) is -1.62. The van der Waals surface area contributed by atoms with Crippen LogP contribution in [-0.4, -0.2) is 64.0 Å². The molecule has 2 rings (SSSR count). The van der Waals surface area contributed by atoms with Crippen LogP contribution in [-0.2, 0) is 10.8 Å². The summed E-state index contributed by atoms with van der Waals surface area (Å²) in [6.07, 6.45) is -0.244. The zero-order valence-electron chi connectivity index (χ0n) is 7.61. The molecule has 2 heterocycles. The minimum Gasteiger partial charge on any atom is -0.390 e. The number of nitrogens with zero attached hydrogens (tertiary/aromatic N) is 1. The summed E-state index contributed by atoms with van der Waals surface area (Å²) < 4.78 is 11.1. The number of aliphatic hydroxyl groups is 1. The van der Waals surface area contributed by atoms with Gasteiger partial charge in [-0.05, 0) is 0 Å². The van der Waals surface area contributed by atoms with Gasteiger partial charge in [-0.2, -0.15) is 0 Å². The van der Waals surface area contributed by atoms with E-state index in [0.717, 1.165) is 31.1 Å². The van der Waals surface area contributed by atoms with E-state index in [0.29, 0.717) is 6.54 Å². The number of hydrogen-bond donors (Lipinski definition) is 2. The Labute approximate surface area is 80.8 Å². The number of nitrogens with one attached hydrogen (secondary N) is 1. The molecule has 0 aliphatic carbocycles. The lowest BCUT2D eigenvalue weighted by atomic mass is 10.2. The molecule has 0 saturated carbocycles. The molecule has 0 spiro atoms. The lowest BCUT2D eigenvalue weighted by Gasteiger charge is -2.32. The van der Waals surface area contributed by atoms with E-state index in [1.165, 1.54) is 0 Å². The summed E-state index contributed by atoms with van der Waals surface area (Å²) in [5, 5.41) is 12.8. The molecule has 76 valence electrons. The minimum atomic E-state index is -0.616. The topological polar surface area (TPSA) is 52.6 Å². The summed E-state index contributed by atoms with van der Waals surface area (Å²) in [5.41, 5.74) is 0.